The predicted octanol–water partition coefficient (Wildman–Crippen LogP) is 2.35. The second-order valence-corrected chi connectivity index (χ2v) is 4.48. The molecule has 21 heavy (non-hydrogen) atoms. The maximum absolute atomic E-state index is 12.0. The molecule has 6 heteroatoms. The Kier molecular flexibility index (Phi) is 5.20. The number of amides is 1. The van der Waals surface area contributed by atoms with E-state index < -0.39 is 18.4 Å². The van der Waals surface area contributed by atoms with Crippen molar-refractivity contribution in [2.24, 2.45) is 0 Å². The van der Waals surface area contributed by atoms with Crippen LogP contribution in [0.25, 0.3) is 0 Å². The Morgan fingerprint density at radius 1 is 1.29 bits per heavy atom. The van der Waals surface area contributed by atoms with Gasteiger partial charge in [-0.1, -0.05) is 36.4 Å². The summed E-state index contributed by atoms with van der Waals surface area (Å²) in [7, 11) is 1.24. The van der Waals surface area contributed by atoms with Gasteiger partial charge in [0.25, 0.3) is 0 Å². The van der Waals surface area contributed by atoms with Crippen LogP contribution in [0, 0.1) is 0 Å². The molecule has 0 aliphatic carbocycles. The van der Waals surface area contributed by atoms with Gasteiger partial charge in [-0.05, 0) is 11.6 Å². The van der Waals surface area contributed by atoms with Crippen LogP contribution in [0.4, 0.5) is 9.59 Å². The summed E-state index contributed by atoms with van der Waals surface area (Å²) in [5.74, 6) is 0. The van der Waals surface area contributed by atoms with Crippen molar-refractivity contribution in [1.29, 1.82) is 0 Å². The first-order valence-corrected chi connectivity index (χ1v) is 6.56. The molecule has 0 fully saturated rings. The average molecular weight is 291 g/mol. The highest BCUT2D eigenvalue weighted by Crippen LogP contribution is 2.10. The molecular formula is C15H17NO5. The minimum Gasteiger partial charge on any atom is -0.445 e. The first-order chi connectivity index (χ1) is 10.2. The van der Waals surface area contributed by atoms with Crippen LogP contribution in [0.2, 0.25) is 0 Å². The van der Waals surface area contributed by atoms with Gasteiger partial charge in [-0.15, -0.1) is 0 Å². The van der Waals surface area contributed by atoms with Crippen LogP contribution in [0.5, 0.6) is 0 Å². The third kappa shape index (κ3) is 4.52. The topological polar surface area (TPSA) is 65.1 Å². The molecule has 1 heterocycles. The molecule has 0 spiro atoms. The first kappa shape index (κ1) is 14.9. The fraction of sp³-hybridized carbons (Fsp3) is 0.333. The van der Waals surface area contributed by atoms with Gasteiger partial charge in [-0.3, -0.25) is 0 Å². The summed E-state index contributed by atoms with van der Waals surface area (Å²) in [5.41, 5.74) is 0.917. The van der Waals surface area contributed by atoms with E-state index in [-0.39, 0.29) is 13.2 Å². The van der Waals surface area contributed by atoms with Gasteiger partial charge < -0.3 is 19.1 Å². The van der Waals surface area contributed by atoms with Crippen LogP contribution in [0.15, 0.2) is 42.5 Å². The number of carbonyl (C=O) groups excluding carboxylic acids is 2. The number of hydrogen-bond acceptors (Lipinski definition) is 5. The molecule has 0 aromatic heterocycles. The lowest BCUT2D eigenvalue weighted by molar-refractivity contribution is 0.0321. The Morgan fingerprint density at radius 3 is 2.76 bits per heavy atom. The summed E-state index contributed by atoms with van der Waals surface area (Å²) in [5, 5.41) is 0. The third-order valence-electron chi connectivity index (χ3n) is 2.95. The number of hydrogen-bond donors (Lipinski definition) is 0. The summed E-state index contributed by atoms with van der Waals surface area (Å²) in [6.07, 6.45) is 1.74. The number of rotatable bonds is 3. The Morgan fingerprint density at radius 2 is 2.05 bits per heavy atom. The molecular weight excluding hydrogens is 274 g/mol. The first-order valence-electron chi connectivity index (χ1n) is 6.56. The van der Waals surface area contributed by atoms with E-state index in [0.29, 0.717) is 6.54 Å². The average Bonchev–Trinajstić information content (AvgIpc) is 2.53. The minimum absolute atomic E-state index is 0.211. The number of ether oxygens (including phenoxy) is 3. The van der Waals surface area contributed by atoms with E-state index in [0.717, 1.165) is 5.56 Å². The number of carbonyl (C=O) groups is 2. The maximum Gasteiger partial charge on any atom is 0.508 e. The Labute approximate surface area is 122 Å². The Bertz CT molecular complexity index is 514. The van der Waals surface area contributed by atoms with E-state index in [1.54, 1.807) is 12.2 Å². The van der Waals surface area contributed by atoms with Crippen molar-refractivity contribution < 1.29 is 23.8 Å². The molecule has 0 N–H and O–H groups in total. The fourth-order valence-corrected chi connectivity index (χ4v) is 1.90. The van der Waals surface area contributed by atoms with Crippen LogP contribution >= 0.6 is 0 Å². The van der Waals surface area contributed by atoms with Crippen LogP contribution in [0.1, 0.15) is 5.56 Å². The van der Waals surface area contributed by atoms with Gasteiger partial charge in [-0.25, -0.2) is 9.59 Å². The van der Waals surface area contributed by atoms with E-state index in [2.05, 4.69) is 4.74 Å². The molecule has 0 saturated carbocycles. The number of methoxy groups -OCH3 is 1. The maximum atomic E-state index is 12.0. The van der Waals surface area contributed by atoms with Crippen molar-refractivity contribution in [1.82, 2.24) is 4.90 Å². The molecule has 6 nitrogen and oxygen atoms in total. The molecule has 0 radical (unpaired) electrons. The summed E-state index contributed by atoms with van der Waals surface area (Å²) in [6.45, 7) is 0.885. The highest BCUT2D eigenvalue weighted by molar-refractivity contribution is 5.68. The Balaban J connectivity index is 1.83. The van der Waals surface area contributed by atoms with Crippen molar-refractivity contribution in [3.05, 3.63) is 48.0 Å². The lowest BCUT2D eigenvalue weighted by Gasteiger charge is -2.27. The van der Waals surface area contributed by atoms with Crippen molar-refractivity contribution in [2.45, 2.75) is 12.7 Å². The van der Waals surface area contributed by atoms with Crippen molar-refractivity contribution in [3.8, 4) is 0 Å². The molecule has 1 atom stereocenters. The Hall–Kier alpha value is -2.50. The molecule has 2 rings (SSSR count). The quantitative estimate of drug-likeness (QED) is 0.632. The minimum atomic E-state index is -0.774. The largest absolute Gasteiger partial charge is 0.508 e. The predicted molar refractivity (Wildman–Crippen MR) is 74.6 cm³/mol. The summed E-state index contributed by atoms with van der Waals surface area (Å²) < 4.78 is 14.6. The standard InChI is InChI=1S/C15H17NO5/c1-19-15(18)21-13-8-5-9-16(10-13)14(17)20-11-12-6-3-2-4-7-12/h2-8,13H,9-11H2,1H3/t13-/m1/s1. The smallest absolute Gasteiger partial charge is 0.445 e. The van der Waals surface area contributed by atoms with E-state index >= 15 is 0 Å². The van der Waals surface area contributed by atoms with Gasteiger partial charge in [0.2, 0.25) is 0 Å². The highest BCUT2D eigenvalue weighted by Gasteiger charge is 2.24. The lowest BCUT2D eigenvalue weighted by Crippen LogP contribution is -2.41. The van der Waals surface area contributed by atoms with E-state index in [1.807, 2.05) is 30.3 Å². The zero-order chi connectivity index (χ0) is 15.1. The second-order valence-electron chi connectivity index (χ2n) is 4.48. The van der Waals surface area contributed by atoms with Crippen LogP contribution < -0.4 is 0 Å². The zero-order valence-corrected chi connectivity index (χ0v) is 11.7. The van der Waals surface area contributed by atoms with Gasteiger partial charge in [0.05, 0.1) is 13.7 Å². The molecule has 1 aromatic carbocycles. The van der Waals surface area contributed by atoms with Crippen molar-refractivity contribution in [2.75, 3.05) is 20.2 Å². The molecule has 0 bridgehead atoms. The SMILES string of the molecule is COC(=O)O[C@@H]1C=CCN(C(=O)OCc2ccccc2)C1. The van der Waals surface area contributed by atoms with Crippen molar-refractivity contribution in [3.63, 3.8) is 0 Å². The fourth-order valence-electron chi connectivity index (χ4n) is 1.90. The monoisotopic (exact) mass is 291 g/mol. The summed E-state index contributed by atoms with van der Waals surface area (Å²) in [4.78, 5) is 24.5. The second kappa shape index (κ2) is 7.33. The van der Waals surface area contributed by atoms with Gasteiger partial charge in [0, 0.05) is 6.54 Å². The molecule has 1 aliphatic rings. The highest BCUT2D eigenvalue weighted by atomic mass is 16.7. The normalized spacial score (nSPS) is 17.2. The van der Waals surface area contributed by atoms with Crippen LogP contribution in [0.3, 0.4) is 0 Å². The number of nitrogens with zero attached hydrogens (tertiary/aromatic N) is 1. The van der Waals surface area contributed by atoms with Crippen molar-refractivity contribution >= 4 is 12.2 Å². The van der Waals surface area contributed by atoms with Crippen LogP contribution in [-0.2, 0) is 20.8 Å². The molecule has 112 valence electrons. The molecule has 1 amide bonds. The third-order valence-corrected chi connectivity index (χ3v) is 2.95. The van der Waals surface area contributed by atoms with Gasteiger partial charge in [-0.2, -0.15) is 0 Å². The van der Waals surface area contributed by atoms with E-state index in [1.165, 1.54) is 12.0 Å². The van der Waals surface area contributed by atoms with E-state index in [4.69, 9.17) is 9.47 Å². The molecule has 0 saturated heterocycles. The molecule has 1 aromatic rings. The lowest BCUT2D eigenvalue weighted by atomic mass is 10.2. The molecule has 0 unspecified atom stereocenters. The van der Waals surface area contributed by atoms with E-state index in [9.17, 15) is 9.59 Å². The summed E-state index contributed by atoms with van der Waals surface area (Å²) >= 11 is 0. The van der Waals surface area contributed by atoms with Gasteiger partial charge in [0.1, 0.15) is 12.7 Å². The zero-order valence-electron chi connectivity index (χ0n) is 11.7. The molecule has 1 aliphatic heterocycles. The summed E-state index contributed by atoms with van der Waals surface area (Å²) in [6, 6.07) is 9.43. The number of benzene rings is 1. The van der Waals surface area contributed by atoms with Gasteiger partial charge >= 0.3 is 12.2 Å². The van der Waals surface area contributed by atoms with Gasteiger partial charge in [0.15, 0.2) is 0 Å². The van der Waals surface area contributed by atoms with Crippen LogP contribution in [-0.4, -0.2) is 43.5 Å².